The molecule has 0 N–H and O–H groups in total. The van der Waals surface area contributed by atoms with E-state index in [0.29, 0.717) is 43.7 Å². The van der Waals surface area contributed by atoms with Gasteiger partial charge in [0.15, 0.2) is 0 Å². The van der Waals surface area contributed by atoms with Gasteiger partial charge in [-0.1, -0.05) is 17.7 Å². The third-order valence-electron chi connectivity index (χ3n) is 3.11. The number of hydrogen-bond acceptors (Lipinski definition) is 5. The number of morpholine rings is 1. The quantitative estimate of drug-likeness (QED) is 0.752. The third kappa shape index (κ3) is 5.53. The average molecular weight is 314 g/mol. The van der Waals surface area contributed by atoms with Gasteiger partial charge in [0.05, 0.1) is 19.8 Å². The molecule has 1 aliphatic rings. The second kappa shape index (κ2) is 8.22. The van der Waals surface area contributed by atoms with Crippen LogP contribution < -0.4 is 4.74 Å². The molecule has 0 unspecified atom stereocenters. The summed E-state index contributed by atoms with van der Waals surface area (Å²) in [6.45, 7) is 4.91. The van der Waals surface area contributed by atoms with Crippen molar-refractivity contribution < 1.29 is 19.0 Å². The molecular formula is C15H20ClNO4. The molecule has 1 aromatic carbocycles. The molecule has 2 rings (SSSR count). The van der Waals surface area contributed by atoms with E-state index in [4.69, 9.17) is 25.8 Å². The molecule has 0 aromatic heterocycles. The summed E-state index contributed by atoms with van der Waals surface area (Å²) >= 11 is 5.91. The molecule has 1 aromatic rings. The van der Waals surface area contributed by atoms with Crippen LogP contribution in [0, 0.1) is 0 Å². The number of hydrogen-bond donors (Lipinski definition) is 0. The lowest BCUT2D eigenvalue weighted by atomic mass is 10.3. The Balaban J connectivity index is 1.77. The van der Waals surface area contributed by atoms with Crippen molar-refractivity contribution in [3.63, 3.8) is 0 Å². The van der Waals surface area contributed by atoms with E-state index in [1.54, 1.807) is 19.1 Å². The molecule has 0 bridgehead atoms. The highest BCUT2D eigenvalue weighted by Gasteiger charge is 2.23. The van der Waals surface area contributed by atoms with Gasteiger partial charge >= 0.3 is 5.97 Å². The van der Waals surface area contributed by atoms with Crippen molar-refractivity contribution >= 4 is 17.6 Å². The predicted octanol–water partition coefficient (Wildman–Crippen LogP) is 1.98. The summed E-state index contributed by atoms with van der Waals surface area (Å²) in [5, 5.41) is 0.640. The fourth-order valence-electron chi connectivity index (χ4n) is 2.16. The van der Waals surface area contributed by atoms with E-state index in [-0.39, 0.29) is 12.1 Å². The van der Waals surface area contributed by atoms with Crippen molar-refractivity contribution in [2.75, 3.05) is 39.5 Å². The average Bonchev–Trinajstić information content (AvgIpc) is 2.46. The first-order valence-corrected chi connectivity index (χ1v) is 7.43. The monoisotopic (exact) mass is 313 g/mol. The van der Waals surface area contributed by atoms with Gasteiger partial charge in [-0.15, -0.1) is 0 Å². The Morgan fingerprint density at radius 3 is 3.14 bits per heavy atom. The van der Waals surface area contributed by atoms with Crippen LogP contribution in [-0.4, -0.2) is 56.4 Å². The first-order chi connectivity index (χ1) is 10.2. The molecule has 0 saturated carbocycles. The zero-order chi connectivity index (χ0) is 15.1. The summed E-state index contributed by atoms with van der Waals surface area (Å²) in [6, 6.07) is 7.25. The number of nitrogens with zero attached hydrogens (tertiary/aromatic N) is 1. The maximum absolute atomic E-state index is 11.5. The lowest BCUT2D eigenvalue weighted by Gasteiger charge is -2.32. The van der Waals surface area contributed by atoms with Crippen LogP contribution in [0.2, 0.25) is 5.02 Å². The van der Waals surface area contributed by atoms with Gasteiger partial charge in [0.1, 0.15) is 18.5 Å². The number of carbonyl (C=O) groups is 1. The van der Waals surface area contributed by atoms with Crippen LogP contribution >= 0.6 is 11.6 Å². The fourth-order valence-corrected chi connectivity index (χ4v) is 2.34. The van der Waals surface area contributed by atoms with E-state index >= 15 is 0 Å². The minimum absolute atomic E-state index is 0.0628. The van der Waals surface area contributed by atoms with Gasteiger partial charge in [-0.05, 0) is 25.1 Å². The molecule has 1 atom stereocenters. The van der Waals surface area contributed by atoms with Crippen molar-refractivity contribution in [3.8, 4) is 5.75 Å². The molecule has 116 valence electrons. The first kappa shape index (κ1) is 16.1. The van der Waals surface area contributed by atoms with Crippen LogP contribution in [0.3, 0.4) is 0 Å². The van der Waals surface area contributed by atoms with Gasteiger partial charge in [-0.2, -0.15) is 0 Å². The molecule has 1 heterocycles. The first-order valence-electron chi connectivity index (χ1n) is 7.05. The molecule has 1 aliphatic heterocycles. The highest BCUT2D eigenvalue weighted by Crippen LogP contribution is 2.18. The Morgan fingerprint density at radius 2 is 2.38 bits per heavy atom. The zero-order valence-corrected chi connectivity index (χ0v) is 12.8. The summed E-state index contributed by atoms with van der Waals surface area (Å²) in [4.78, 5) is 13.5. The molecule has 0 radical (unpaired) electrons. The smallest absolute Gasteiger partial charge is 0.320 e. The van der Waals surface area contributed by atoms with E-state index in [0.717, 1.165) is 6.54 Å². The van der Waals surface area contributed by atoms with Crippen molar-refractivity contribution in [2.24, 2.45) is 0 Å². The number of benzene rings is 1. The van der Waals surface area contributed by atoms with E-state index in [9.17, 15) is 4.79 Å². The molecule has 0 aliphatic carbocycles. The summed E-state index contributed by atoms with van der Waals surface area (Å²) in [6.07, 6.45) is -0.0628. The molecule has 21 heavy (non-hydrogen) atoms. The molecule has 6 heteroatoms. The number of carbonyl (C=O) groups excluding carboxylic acids is 1. The van der Waals surface area contributed by atoms with Crippen LogP contribution in [0.5, 0.6) is 5.75 Å². The Morgan fingerprint density at radius 1 is 1.52 bits per heavy atom. The molecule has 1 fully saturated rings. The Kier molecular flexibility index (Phi) is 6.29. The summed E-state index contributed by atoms with van der Waals surface area (Å²) in [5.41, 5.74) is 0. The van der Waals surface area contributed by atoms with Crippen LogP contribution in [0.25, 0.3) is 0 Å². The molecule has 0 spiro atoms. The normalized spacial score (nSPS) is 19.2. The van der Waals surface area contributed by atoms with E-state index in [2.05, 4.69) is 0 Å². The lowest BCUT2D eigenvalue weighted by Crippen LogP contribution is -2.47. The minimum Gasteiger partial charge on any atom is -0.491 e. The highest BCUT2D eigenvalue weighted by atomic mass is 35.5. The van der Waals surface area contributed by atoms with Gasteiger partial charge < -0.3 is 14.2 Å². The van der Waals surface area contributed by atoms with E-state index in [1.807, 2.05) is 17.0 Å². The molecule has 5 nitrogen and oxygen atoms in total. The van der Waals surface area contributed by atoms with Crippen LogP contribution in [0.1, 0.15) is 6.92 Å². The van der Waals surface area contributed by atoms with Crippen molar-refractivity contribution in [1.29, 1.82) is 0 Å². The second-order valence-corrected chi connectivity index (χ2v) is 5.24. The van der Waals surface area contributed by atoms with E-state index < -0.39 is 0 Å². The van der Waals surface area contributed by atoms with Gasteiger partial charge in [0.25, 0.3) is 0 Å². The largest absolute Gasteiger partial charge is 0.491 e. The Bertz CT molecular complexity index is 469. The van der Waals surface area contributed by atoms with Gasteiger partial charge in [-0.25, -0.2) is 0 Å². The summed E-state index contributed by atoms with van der Waals surface area (Å²) < 4.78 is 16.3. The number of rotatable bonds is 6. The maximum atomic E-state index is 11.5. The molecule has 0 amide bonds. The SMILES string of the molecule is CCOC(=O)CN1CCO[C@@H](COc2cccc(Cl)c2)C1. The summed E-state index contributed by atoms with van der Waals surface area (Å²) in [7, 11) is 0. The van der Waals surface area contributed by atoms with Crippen LogP contribution in [0.4, 0.5) is 0 Å². The van der Waals surface area contributed by atoms with Crippen LogP contribution in [0.15, 0.2) is 24.3 Å². The number of halogens is 1. The topological polar surface area (TPSA) is 48.0 Å². The van der Waals surface area contributed by atoms with E-state index in [1.165, 1.54) is 0 Å². The third-order valence-corrected chi connectivity index (χ3v) is 3.35. The predicted molar refractivity (Wildman–Crippen MR) is 79.8 cm³/mol. The highest BCUT2D eigenvalue weighted by molar-refractivity contribution is 6.30. The Labute approximate surface area is 129 Å². The van der Waals surface area contributed by atoms with Crippen molar-refractivity contribution in [1.82, 2.24) is 4.90 Å². The van der Waals surface area contributed by atoms with Crippen LogP contribution in [-0.2, 0) is 14.3 Å². The fraction of sp³-hybridized carbons (Fsp3) is 0.533. The lowest BCUT2D eigenvalue weighted by molar-refractivity contribution is -0.146. The zero-order valence-electron chi connectivity index (χ0n) is 12.1. The van der Waals surface area contributed by atoms with Gasteiger partial charge in [-0.3, -0.25) is 9.69 Å². The minimum atomic E-state index is -0.200. The van der Waals surface area contributed by atoms with Gasteiger partial charge in [0, 0.05) is 18.1 Å². The van der Waals surface area contributed by atoms with Gasteiger partial charge in [0.2, 0.25) is 0 Å². The molecule has 1 saturated heterocycles. The second-order valence-electron chi connectivity index (χ2n) is 4.80. The van der Waals surface area contributed by atoms with Crippen molar-refractivity contribution in [2.45, 2.75) is 13.0 Å². The standard InChI is InChI=1S/C15H20ClNO4/c1-2-19-15(18)10-17-6-7-20-14(9-17)11-21-13-5-3-4-12(16)8-13/h3-5,8,14H,2,6-7,9-11H2,1H3/t14-/m1/s1. The molecular weight excluding hydrogens is 294 g/mol. The number of ether oxygens (including phenoxy) is 3. The Hall–Kier alpha value is -1.30. The maximum Gasteiger partial charge on any atom is 0.320 e. The van der Waals surface area contributed by atoms with Crippen molar-refractivity contribution in [3.05, 3.63) is 29.3 Å². The summed E-state index contributed by atoms with van der Waals surface area (Å²) in [5.74, 6) is 0.516. The number of esters is 1.